The number of halogens is 6. The first-order valence-corrected chi connectivity index (χ1v) is 19.5. The molecule has 2 aromatic heterocycles. The average molecular weight is 824 g/mol. The highest BCUT2D eigenvalue weighted by Gasteiger charge is 2.58. The number of amides is 2. The summed E-state index contributed by atoms with van der Waals surface area (Å²) < 4.78 is 85.2. The molecule has 2 N–H and O–H groups in total. The minimum absolute atomic E-state index is 0.0613. The number of rotatable bonds is 9. The van der Waals surface area contributed by atoms with Crippen molar-refractivity contribution in [1.29, 1.82) is 0 Å². The number of alkyl halides is 6. The number of pyridine rings is 1. The molecule has 1 aliphatic carbocycles. The van der Waals surface area contributed by atoms with Gasteiger partial charge in [-0.3, -0.25) is 14.5 Å². The van der Waals surface area contributed by atoms with Gasteiger partial charge in [0.1, 0.15) is 11.5 Å². The van der Waals surface area contributed by atoms with Gasteiger partial charge < -0.3 is 30.1 Å². The highest BCUT2D eigenvalue weighted by Crippen LogP contribution is 2.53. The van der Waals surface area contributed by atoms with Crippen LogP contribution in [-0.2, 0) is 22.9 Å². The molecule has 0 atom stereocenters. The number of carbonyl (C=O) groups is 2. The monoisotopic (exact) mass is 823 g/mol. The van der Waals surface area contributed by atoms with Crippen molar-refractivity contribution < 1.29 is 40.7 Å². The van der Waals surface area contributed by atoms with E-state index < -0.39 is 35.8 Å². The summed E-state index contributed by atoms with van der Waals surface area (Å²) >= 11 is 0. The van der Waals surface area contributed by atoms with Crippen molar-refractivity contribution in [2.24, 2.45) is 0 Å². The number of piperidine rings is 1. The Balaban J connectivity index is 0.994. The molecule has 12 nitrogen and oxygen atoms in total. The van der Waals surface area contributed by atoms with Crippen molar-refractivity contribution in [2.45, 2.75) is 63.0 Å². The number of aryl methyl sites for hydroxylation is 1. The van der Waals surface area contributed by atoms with Gasteiger partial charge in [-0.05, 0) is 87.7 Å². The Kier molecular flexibility index (Phi) is 10.7. The SMILES string of the molecule is Cc1ccc(NC(=O)c2cccc(C(F)(F)F)c2)cc1N1Cc2cnc(Nc3ccc(N4CCC(N5CCN(C)CC5)CC4)nc3OCC(F)(F)F)nc2C2(CC2)C1=O. The van der Waals surface area contributed by atoms with E-state index in [1.54, 1.807) is 48.4 Å². The fourth-order valence-electron chi connectivity index (χ4n) is 8.12. The number of benzene rings is 2. The minimum Gasteiger partial charge on any atom is -0.466 e. The Bertz CT molecular complexity index is 2230. The lowest BCUT2D eigenvalue weighted by Crippen LogP contribution is -2.52. The average Bonchev–Trinajstić information content (AvgIpc) is 4.01. The van der Waals surface area contributed by atoms with E-state index >= 15 is 0 Å². The van der Waals surface area contributed by atoms with Crippen LogP contribution in [0.4, 0.5) is 55.2 Å². The summed E-state index contributed by atoms with van der Waals surface area (Å²) in [5.41, 5.74) is 0.712. The number of fused-ring (bicyclic) bond motifs is 2. The van der Waals surface area contributed by atoms with Gasteiger partial charge in [0.15, 0.2) is 6.61 Å². The molecule has 4 aromatic rings. The van der Waals surface area contributed by atoms with E-state index in [2.05, 4.69) is 42.3 Å². The first-order valence-electron chi connectivity index (χ1n) is 19.5. The third-order valence-electron chi connectivity index (χ3n) is 11.6. The van der Waals surface area contributed by atoms with Crippen LogP contribution in [-0.4, -0.2) is 102 Å². The number of hydrogen-bond acceptors (Lipinski definition) is 10. The molecule has 312 valence electrons. The summed E-state index contributed by atoms with van der Waals surface area (Å²) in [6.07, 6.45) is -4.82. The lowest BCUT2D eigenvalue weighted by atomic mass is 9.91. The maximum atomic E-state index is 14.2. The molecule has 59 heavy (non-hydrogen) atoms. The fraction of sp³-hybridized carbons (Fsp3) is 0.439. The molecule has 2 aromatic carbocycles. The van der Waals surface area contributed by atoms with Gasteiger partial charge in [0.05, 0.1) is 23.2 Å². The van der Waals surface area contributed by atoms with Crippen LogP contribution in [0.5, 0.6) is 5.88 Å². The van der Waals surface area contributed by atoms with E-state index in [9.17, 15) is 35.9 Å². The maximum absolute atomic E-state index is 14.2. The summed E-state index contributed by atoms with van der Waals surface area (Å²) in [7, 11) is 2.12. The summed E-state index contributed by atoms with van der Waals surface area (Å²) in [6, 6.07) is 12.8. The zero-order valence-electron chi connectivity index (χ0n) is 32.5. The quantitative estimate of drug-likeness (QED) is 0.172. The lowest BCUT2D eigenvalue weighted by Gasteiger charge is -2.42. The van der Waals surface area contributed by atoms with Crippen LogP contribution in [0.15, 0.2) is 60.8 Å². The molecular formula is C41H43F6N9O3. The number of likely N-dealkylation sites (N-methyl/N-ethyl adjacent to an activating group) is 1. The number of aromatic nitrogens is 3. The third-order valence-corrected chi connectivity index (χ3v) is 11.6. The zero-order valence-corrected chi connectivity index (χ0v) is 32.5. The molecule has 3 fully saturated rings. The smallest absolute Gasteiger partial charge is 0.422 e. The van der Waals surface area contributed by atoms with E-state index in [0.29, 0.717) is 54.7 Å². The number of nitrogens with one attached hydrogen (secondary N) is 2. The predicted molar refractivity (Wildman–Crippen MR) is 208 cm³/mol. The molecule has 2 amide bonds. The molecular weight excluding hydrogens is 780 g/mol. The molecule has 0 bridgehead atoms. The van der Waals surface area contributed by atoms with Crippen molar-refractivity contribution >= 4 is 40.6 Å². The number of carbonyl (C=O) groups excluding carboxylic acids is 2. The molecule has 18 heteroatoms. The Labute approximate surface area is 336 Å². The normalized spacial score (nSPS) is 18.8. The van der Waals surface area contributed by atoms with Gasteiger partial charge in [-0.2, -0.15) is 31.3 Å². The lowest BCUT2D eigenvalue weighted by molar-refractivity contribution is -0.154. The Morgan fingerprint density at radius 2 is 1.68 bits per heavy atom. The van der Waals surface area contributed by atoms with Crippen LogP contribution < -0.4 is 25.2 Å². The van der Waals surface area contributed by atoms with Crippen LogP contribution in [0.3, 0.4) is 0 Å². The van der Waals surface area contributed by atoms with Crippen molar-refractivity contribution in [1.82, 2.24) is 24.8 Å². The third kappa shape index (κ3) is 8.64. The molecule has 0 unspecified atom stereocenters. The molecule has 2 saturated heterocycles. The Hall–Kier alpha value is -5.49. The molecule has 3 aliphatic heterocycles. The van der Waals surface area contributed by atoms with Crippen LogP contribution in [0.1, 0.15) is 58.4 Å². The molecule has 1 spiro atoms. The van der Waals surface area contributed by atoms with Gasteiger partial charge in [-0.15, -0.1) is 0 Å². The van der Waals surface area contributed by atoms with E-state index in [1.807, 2.05) is 0 Å². The summed E-state index contributed by atoms with van der Waals surface area (Å²) in [4.78, 5) is 49.4. The van der Waals surface area contributed by atoms with Gasteiger partial charge in [0, 0.05) is 74.0 Å². The van der Waals surface area contributed by atoms with Gasteiger partial charge in [-0.1, -0.05) is 12.1 Å². The second-order valence-electron chi connectivity index (χ2n) is 15.7. The topological polar surface area (TPSA) is 119 Å². The molecule has 4 aliphatic rings. The van der Waals surface area contributed by atoms with E-state index in [4.69, 9.17) is 9.72 Å². The zero-order chi connectivity index (χ0) is 41.7. The first kappa shape index (κ1) is 40.3. The number of hydrogen-bond donors (Lipinski definition) is 2. The van der Waals surface area contributed by atoms with E-state index in [1.165, 1.54) is 6.07 Å². The highest BCUT2D eigenvalue weighted by atomic mass is 19.4. The number of ether oxygens (including phenoxy) is 1. The van der Waals surface area contributed by atoms with Crippen molar-refractivity contribution in [3.8, 4) is 5.88 Å². The van der Waals surface area contributed by atoms with Crippen molar-refractivity contribution in [2.75, 3.05) is 73.4 Å². The Morgan fingerprint density at radius 1 is 0.932 bits per heavy atom. The molecule has 5 heterocycles. The molecule has 1 saturated carbocycles. The van der Waals surface area contributed by atoms with Crippen LogP contribution in [0, 0.1) is 6.92 Å². The predicted octanol–water partition coefficient (Wildman–Crippen LogP) is 6.93. The highest BCUT2D eigenvalue weighted by molar-refractivity contribution is 6.07. The second-order valence-corrected chi connectivity index (χ2v) is 15.7. The van der Waals surface area contributed by atoms with Gasteiger partial charge in [0.2, 0.25) is 17.7 Å². The first-order chi connectivity index (χ1) is 28.1. The standard InChI is InChI=1S/C41H43F6N9O3/c1-25-6-7-29(49-35(57)26-4-3-5-28(20-26)41(45,46)47)21-32(25)56-23-27-22-48-38(52-34(27)39(12-13-39)37(56)58)50-31-8-9-33(51-36(31)59-24-40(42,43)44)55-14-10-30(11-15-55)54-18-16-53(2)17-19-54/h3-9,20-22,30H,10-19,23-24H2,1-2H3,(H,49,57)(H,48,50,52). The van der Waals surface area contributed by atoms with E-state index in [-0.39, 0.29) is 41.2 Å². The van der Waals surface area contributed by atoms with Crippen molar-refractivity contribution in [3.05, 3.63) is 88.7 Å². The summed E-state index contributed by atoms with van der Waals surface area (Å²) in [5, 5.41) is 5.63. The summed E-state index contributed by atoms with van der Waals surface area (Å²) in [5.74, 6) is -0.650. The van der Waals surface area contributed by atoms with Crippen LogP contribution in [0.2, 0.25) is 0 Å². The Morgan fingerprint density at radius 3 is 2.37 bits per heavy atom. The molecule has 8 rings (SSSR count). The van der Waals surface area contributed by atoms with Crippen molar-refractivity contribution in [3.63, 3.8) is 0 Å². The number of nitrogens with zero attached hydrogens (tertiary/aromatic N) is 7. The second kappa shape index (κ2) is 15.6. The van der Waals surface area contributed by atoms with Crippen LogP contribution in [0.25, 0.3) is 0 Å². The fourth-order valence-corrected chi connectivity index (χ4v) is 8.12. The minimum atomic E-state index is -4.61. The van der Waals surface area contributed by atoms with Gasteiger partial charge in [-0.25, -0.2) is 9.97 Å². The maximum Gasteiger partial charge on any atom is 0.422 e. The largest absolute Gasteiger partial charge is 0.466 e. The number of piperazine rings is 1. The molecule has 0 radical (unpaired) electrons. The van der Waals surface area contributed by atoms with Crippen LogP contribution >= 0.6 is 0 Å². The summed E-state index contributed by atoms with van der Waals surface area (Å²) in [6.45, 7) is 5.82. The van der Waals surface area contributed by atoms with E-state index in [0.717, 1.165) is 62.8 Å². The number of anilines is 5. The van der Waals surface area contributed by atoms with Gasteiger partial charge >= 0.3 is 12.4 Å². The van der Waals surface area contributed by atoms with Gasteiger partial charge in [0.25, 0.3) is 5.91 Å².